The highest BCUT2D eigenvalue weighted by Gasteiger charge is 2.30. The lowest BCUT2D eigenvalue weighted by Crippen LogP contribution is -2.48. The molecular weight excluding hydrogens is 380 g/mol. The Labute approximate surface area is 166 Å². The SMILES string of the molecule is COc1ccc(CN(C)C(=O)C(C)N(c2ccccc2)S(C)(=O)=O)cc1OC. The lowest BCUT2D eigenvalue weighted by Gasteiger charge is -2.31. The topological polar surface area (TPSA) is 76.2 Å². The summed E-state index contributed by atoms with van der Waals surface area (Å²) in [5.74, 6) is 0.848. The molecule has 0 radical (unpaired) electrons. The maximum absolute atomic E-state index is 13.0. The largest absolute Gasteiger partial charge is 0.493 e. The van der Waals surface area contributed by atoms with Crippen LogP contribution < -0.4 is 13.8 Å². The minimum absolute atomic E-state index is 0.302. The van der Waals surface area contributed by atoms with Gasteiger partial charge in [-0.25, -0.2) is 8.42 Å². The molecule has 2 aromatic rings. The number of hydrogen-bond acceptors (Lipinski definition) is 5. The number of anilines is 1. The summed E-state index contributed by atoms with van der Waals surface area (Å²) in [4.78, 5) is 14.4. The second kappa shape index (κ2) is 8.97. The van der Waals surface area contributed by atoms with Gasteiger partial charge in [0.25, 0.3) is 0 Å². The Bertz CT molecular complexity index is 915. The molecule has 0 heterocycles. The first-order valence-corrected chi connectivity index (χ1v) is 10.5. The standard InChI is InChI=1S/C20H26N2O5S/c1-15(22(28(5,24)25)17-9-7-6-8-10-17)20(23)21(2)14-16-11-12-18(26-3)19(13-16)27-4/h6-13,15H,14H2,1-5H3. The van der Waals surface area contributed by atoms with E-state index in [-0.39, 0.29) is 5.91 Å². The van der Waals surface area contributed by atoms with Crippen LogP contribution in [0.15, 0.2) is 48.5 Å². The first-order chi connectivity index (χ1) is 13.2. The molecule has 152 valence electrons. The molecule has 2 rings (SSSR count). The molecule has 0 spiro atoms. The predicted octanol–water partition coefficient (Wildman–Crippen LogP) is 2.52. The summed E-state index contributed by atoms with van der Waals surface area (Å²) in [5.41, 5.74) is 1.29. The van der Waals surface area contributed by atoms with Crippen molar-refractivity contribution < 1.29 is 22.7 Å². The molecule has 7 nitrogen and oxygen atoms in total. The second-order valence-electron chi connectivity index (χ2n) is 6.45. The van der Waals surface area contributed by atoms with Crippen molar-refractivity contribution in [3.63, 3.8) is 0 Å². The van der Waals surface area contributed by atoms with Crippen LogP contribution in [0.3, 0.4) is 0 Å². The zero-order valence-electron chi connectivity index (χ0n) is 16.7. The van der Waals surface area contributed by atoms with Gasteiger partial charge in [0.05, 0.1) is 26.2 Å². The Morgan fingerprint density at radius 1 is 1.04 bits per heavy atom. The van der Waals surface area contributed by atoms with Crippen molar-refractivity contribution in [3.05, 3.63) is 54.1 Å². The number of nitrogens with zero attached hydrogens (tertiary/aromatic N) is 2. The molecule has 0 bridgehead atoms. The van der Waals surface area contributed by atoms with E-state index in [0.29, 0.717) is 23.7 Å². The van der Waals surface area contributed by atoms with Crippen molar-refractivity contribution in [1.82, 2.24) is 4.90 Å². The number of para-hydroxylation sites is 1. The van der Waals surface area contributed by atoms with Gasteiger partial charge >= 0.3 is 0 Å². The number of sulfonamides is 1. The van der Waals surface area contributed by atoms with Crippen molar-refractivity contribution in [2.45, 2.75) is 19.5 Å². The lowest BCUT2D eigenvalue weighted by atomic mass is 10.1. The molecule has 1 atom stereocenters. The molecule has 0 aliphatic heterocycles. The number of amides is 1. The van der Waals surface area contributed by atoms with E-state index >= 15 is 0 Å². The summed E-state index contributed by atoms with van der Waals surface area (Å²) in [6.07, 6.45) is 1.10. The van der Waals surface area contributed by atoms with Gasteiger partial charge in [-0.05, 0) is 36.8 Å². The van der Waals surface area contributed by atoms with Crippen LogP contribution in [0, 0.1) is 0 Å². The molecule has 0 N–H and O–H groups in total. The highest BCUT2D eigenvalue weighted by Crippen LogP contribution is 2.28. The van der Waals surface area contributed by atoms with E-state index in [1.807, 2.05) is 6.07 Å². The molecule has 0 aliphatic rings. The van der Waals surface area contributed by atoms with Gasteiger partial charge in [0.15, 0.2) is 11.5 Å². The highest BCUT2D eigenvalue weighted by atomic mass is 32.2. The Hall–Kier alpha value is -2.74. The van der Waals surface area contributed by atoms with Crippen LogP contribution in [0.1, 0.15) is 12.5 Å². The third kappa shape index (κ3) is 4.95. The van der Waals surface area contributed by atoms with Gasteiger partial charge in [0.1, 0.15) is 6.04 Å². The van der Waals surface area contributed by atoms with E-state index in [1.165, 1.54) is 4.90 Å². The molecular formula is C20H26N2O5S. The first kappa shape index (κ1) is 21.6. The van der Waals surface area contributed by atoms with Crippen LogP contribution in [0.2, 0.25) is 0 Å². The van der Waals surface area contributed by atoms with Crippen molar-refractivity contribution in [2.24, 2.45) is 0 Å². The molecule has 1 amide bonds. The zero-order valence-corrected chi connectivity index (χ0v) is 17.6. The van der Waals surface area contributed by atoms with Crippen molar-refractivity contribution in [1.29, 1.82) is 0 Å². The molecule has 0 aliphatic carbocycles. The van der Waals surface area contributed by atoms with Crippen molar-refractivity contribution in [2.75, 3.05) is 31.8 Å². The molecule has 8 heteroatoms. The van der Waals surface area contributed by atoms with Gasteiger partial charge in [0, 0.05) is 13.6 Å². The number of carbonyl (C=O) groups is 1. The summed E-state index contributed by atoms with van der Waals surface area (Å²) in [5, 5.41) is 0. The molecule has 0 saturated carbocycles. The Morgan fingerprint density at radius 3 is 2.18 bits per heavy atom. The normalized spacial score (nSPS) is 12.2. The fraction of sp³-hybridized carbons (Fsp3) is 0.350. The second-order valence-corrected chi connectivity index (χ2v) is 8.31. The molecule has 1 unspecified atom stereocenters. The van der Waals surface area contributed by atoms with Crippen LogP contribution in [-0.4, -0.2) is 52.8 Å². The van der Waals surface area contributed by atoms with Gasteiger partial charge in [0.2, 0.25) is 15.9 Å². The number of rotatable bonds is 8. The van der Waals surface area contributed by atoms with Gasteiger partial charge in [-0.3, -0.25) is 9.10 Å². The van der Waals surface area contributed by atoms with E-state index < -0.39 is 16.1 Å². The smallest absolute Gasteiger partial charge is 0.246 e. The molecule has 0 aromatic heterocycles. The average Bonchev–Trinajstić information content (AvgIpc) is 2.66. The third-order valence-corrected chi connectivity index (χ3v) is 5.56. The van der Waals surface area contributed by atoms with Crippen molar-refractivity contribution in [3.8, 4) is 11.5 Å². The van der Waals surface area contributed by atoms with Gasteiger partial charge in [-0.1, -0.05) is 24.3 Å². The third-order valence-electron chi connectivity index (χ3n) is 4.32. The minimum Gasteiger partial charge on any atom is -0.493 e. The van der Waals surface area contributed by atoms with Gasteiger partial charge in [-0.15, -0.1) is 0 Å². The van der Waals surface area contributed by atoms with E-state index in [2.05, 4.69) is 0 Å². The van der Waals surface area contributed by atoms with Crippen LogP contribution in [-0.2, 0) is 21.4 Å². The molecule has 2 aromatic carbocycles. The number of methoxy groups -OCH3 is 2. The number of ether oxygens (including phenoxy) is 2. The maximum atomic E-state index is 13.0. The summed E-state index contributed by atoms with van der Waals surface area (Å²) in [6, 6.07) is 13.1. The minimum atomic E-state index is -3.64. The van der Waals surface area contributed by atoms with E-state index in [0.717, 1.165) is 16.1 Å². The Morgan fingerprint density at radius 2 is 1.64 bits per heavy atom. The molecule has 28 heavy (non-hydrogen) atoms. The first-order valence-electron chi connectivity index (χ1n) is 8.69. The summed E-state index contributed by atoms with van der Waals surface area (Å²) < 4.78 is 36.3. The molecule has 0 saturated heterocycles. The fourth-order valence-electron chi connectivity index (χ4n) is 3.03. The maximum Gasteiger partial charge on any atom is 0.246 e. The van der Waals surface area contributed by atoms with E-state index in [9.17, 15) is 13.2 Å². The van der Waals surface area contributed by atoms with Crippen LogP contribution in [0.25, 0.3) is 0 Å². The number of likely N-dealkylation sites (N-methyl/N-ethyl adjacent to an activating group) is 1. The fourth-order valence-corrected chi connectivity index (χ4v) is 4.20. The van der Waals surface area contributed by atoms with Crippen molar-refractivity contribution >= 4 is 21.6 Å². The quantitative estimate of drug-likeness (QED) is 0.673. The number of benzene rings is 2. The van der Waals surface area contributed by atoms with E-state index in [1.54, 1.807) is 70.7 Å². The zero-order chi connectivity index (χ0) is 20.9. The lowest BCUT2D eigenvalue weighted by molar-refractivity contribution is -0.131. The highest BCUT2D eigenvalue weighted by molar-refractivity contribution is 7.92. The Kier molecular flexibility index (Phi) is 6.90. The average molecular weight is 407 g/mol. The van der Waals surface area contributed by atoms with Crippen LogP contribution in [0.5, 0.6) is 11.5 Å². The summed E-state index contributed by atoms with van der Waals surface area (Å²) in [6.45, 7) is 1.89. The van der Waals surface area contributed by atoms with Crippen LogP contribution in [0.4, 0.5) is 5.69 Å². The monoisotopic (exact) mass is 406 g/mol. The van der Waals surface area contributed by atoms with Crippen LogP contribution >= 0.6 is 0 Å². The predicted molar refractivity (Wildman–Crippen MR) is 109 cm³/mol. The summed E-state index contributed by atoms with van der Waals surface area (Å²) in [7, 11) is 1.10. The van der Waals surface area contributed by atoms with E-state index in [4.69, 9.17) is 9.47 Å². The molecule has 0 fully saturated rings. The van der Waals surface area contributed by atoms with Gasteiger partial charge in [-0.2, -0.15) is 0 Å². The summed E-state index contributed by atoms with van der Waals surface area (Å²) >= 11 is 0. The number of hydrogen-bond donors (Lipinski definition) is 0. The number of carbonyl (C=O) groups excluding carboxylic acids is 1. The Balaban J connectivity index is 2.23. The van der Waals surface area contributed by atoms with Gasteiger partial charge < -0.3 is 14.4 Å².